The highest BCUT2D eigenvalue weighted by Gasteiger charge is 2.13. The van der Waals surface area contributed by atoms with Gasteiger partial charge in [-0.15, -0.1) is 0 Å². The number of pyridine rings is 1. The molecule has 0 fully saturated rings. The number of nitrogens with two attached hydrogens (primary N) is 2. The molecule has 2 aromatic rings. The molecule has 0 aliphatic carbocycles. The predicted molar refractivity (Wildman–Crippen MR) is 82.3 cm³/mol. The molecule has 0 unspecified atom stereocenters. The van der Waals surface area contributed by atoms with Gasteiger partial charge in [0.1, 0.15) is 11.4 Å². The number of methoxy groups -OCH3 is 1. The smallest absolute Gasteiger partial charge is 0.267 e. The van der Waals surface area contributed by atoms with E-state index in [2.05, 4.69) is 4.98 Å². The normalized spacial score (nSPS) is 10.2. The van der Waals surface area contributed by atoms with E-state index < -0.39 is 5.91 Å². The maximum atomic E-state index is 11.2. The van der Waals surface area contributed by atoms with Crippen LogP contribution in [0.4, 0.5) is 11.5 Å². The molecular formula is C15H18N4O2. The van der Waals surface area contributed by atoms with Crippen LogP contribution in [0.2, 0.25) is 0 Å². The van der Waals surface area contributed by atoms with E-state index in [9.17, 15) is 4.79 Å². The lowest BCUT2D eigenvalue weighted by Gasteiger charge is -2.21. The Labute approximate surface area is 123 Å². The molecule has 0 aliphatic rings. The van der Waals surface area contributed by atoms with Gasteiger partial charge in [0.2, 0.25) is 0 Å². The fourth-order valence-corrected chi connectivity index (χ4v) is 2.07. The van der Waals surface area contributed by atoms with Gasteiger partial charge >= 0.3 is 0 Å². The van der Waals surface area contributed by atoms with Crippen LogP contribution in [0.15, 0.2) is 36.4 Å². The Morgan fingerprint density at radius 2 is 2.00 bits per heavy atom. The molecule has 1 heterocycles. The third kappa shape index (κ3) is 3.22. The van der Waals surface area contributed by atoms with E-state index in [0.29, 0.717) is 18.1 Å². The van der Waals surface area contributed by atoms with Gasteiger partial charge in [0.15, 0.2) is 5.82 Å². The van der Waals surface area contributed by atoms with Crippen LogP contribution in [0.3, 0.4) is 0 Å². The second-order valence-corrected chi connectivity index (χ2v) is 4.64. The van der Waals surface area contributed by atoms with E-state index in [1.807, 2.05) is 36.2 Å². The van der Waals surface area contributed by atoms with Crippen LogP contribution in [0.25, 0.3) is 0 Å². The standard InChI is InChI=1S/C15H18N4O2/c1-19(9-10-5-3-4-6-13(10)21-2)15-11(16)7-8-12(18-15)14(17)20/h3-8H,9,16H2,1-2H3,(H2,17,20). The number of primary amides is 1. The molecule has 0 bridgehead atoms. The van der Waals surface area contributed by atoms with Crippen LogP contribution < -0.4 is 21.1 Å². The minimum atomic E-state index is -0.582. The van der Waals surface area contributed by atoms with Crippen molar-refractivity contribution < 1.29 is 9.53 Å². The molecule has 1 aromatic carbocycles. The molecular weight excluding hydrogens is 268 g/mol. The molecule has 2 rings (SSSR count). The second kappa shape index (κ2) is 6.13. The number of anilines is 2. The Balaban J connectivity index is 2.30. The molecule has 0 saturated heterocycles. The average Bonchev–Trinajstić information content (AvgIpc) is 2.47. The Hall–Kier alpha value is -2.76. The fourth-order valence-electron chi connectivity index (χ4n) is 2.07. The molecule has 0 atom stereocenters. The summed E-state index contributed by atoms with van der Waals surface area (Å²) in [4.78, 5) is 17.3. The van der Waals surface area contributed by atoms with Crippen LogP contribution in [-0.4, -0.2) is 25.0 Å². The van der Waals surface area contributed by atoms with Gasteiger partial charge in [-0.25, -0.2) is 4.98 Å². The summed E-state index contributed by atoms with van der Waals surface area (Å²) in [6.07, 6.45) is 0. The van der Waals surface area contributed by atoms with Crippen molar-refractivity contribution in [3.8, 4) is 5.75 Å². The highest BCUT2D eigenvalue weighted by Crippen LogP contribution is 2.24. The lowest BCUT2D eigenvalue weighted by atomic mass is 10.2. The minimum Gasteiger partial charge on any atom is -0.496 e. The van der Waals surface area contributed by atoms with Gasteiger partial charge in [-0.1, -0.05) is 18.2 Å². The summed E-state index contributed by atoms with van der Waals surface area (Å²) in [7, 11) is 3.47. The van der Waals surface area contributed by atoms with Crippen LogP contribution >= 0.6 is 0 Å². The van der Waals surface area contributed by atoms with E-state index in [0.717, 1.165) is 11.3 Å². The molecule has 1 amide bonds. The highest BCUT2D eigenvalue weighted by atomic mass is 16.5. The van der Waals surface area contributed by atoms with Crippen LogP contribution in [0, 0.1) is 0 Å². The monoisotopic (exact) mass is 286 g/mol. The molecule has 0 radical (unpaired) electrons. The summed E-state index contributed by atoms with van der Waals surface area (Å²) in [6, 6.07) is 10.8. The Morgan fingerprint density at radius 3 is 2.67 bits per heavy atom. The topological polar surface area (TPSA) is 94.5 Å². The molecule has 0 spiro atoms. The predicted octanol–water partition coefficient (Wildman–Crippen LogP) is 1.41. The third-order valence-corrected chi connectivity index (χ3v) is 3.12. The molecule has 0 saturated carbocycles. The van der Waals surface area contributed by atoms with Crippen molar-refractivity contribution in [3.63, 3.8) is 0 Å². The molecule has 4 N–H and O–H groups in total. The fraction of sp³-hybridized carbons (Fsp3) is 0.200. The number of carbonyl (C=O) groups excluding carboxylic acids is 1. The number of ether oxygens (including phenoxy) is 1. The number of carbonyl (C=O) groups is 1. The van der Waals surface area contributed by atoms with Crippen molar-refractivity contribution in [2.45, 2.75) is 6.54 Å². The Bertz CT molecular complexity index is 658. The highest BCUT2D eigenvalue weighted by molar-refractivity contribution is 5.91. The lowest BCUT2D eigenvalue weighted by Crippen LogP contribution is -2.22. The van der Waals surface area contributed by atoms with Crippen molar-refractivity contribution >= 4 is 17.4 Å². The van der Waals surface area contributed by atoms with E-state index in [-0.39, 0.29) is 5.69 Å². The molecule has 0 aliphatic heterocycles. The third-order valence-electron chi connectivity index (χ3n) is 3.12. The Kier molecular flexibility index (Phi) is 4.27. The lowest BCUT2D eigenvalue weighted by molar-refractivity contribution is 0.0995. The number of hydrogen-bond acceptors (Lipinski definition) is 5. The van der Waals surface area contributed by atoms with Gasteiger partial charge in [-0.05, 0) is 18.2 Å². The number of hydrogen-bond donors (Lipinski definition) is 2. The zero-order valence-corrected chi connectivity index (χ0v) is 12.0. The van der Waals surface area contributed by atoms with E-state index in [4.69, 9.17) is 16.2 Å². The quantitative estimate of drug-likeness (QED) is 0.866. The summed E-state index contributed by atoms with van der Waals surface area (Å²) >= 11 is 0. The van der Waals surface area contributed by atoms with Crippen LogP contribution in [-0.2, 0) is 6.54 Å². The molecule has 21 heavy (non-hydrogen) atoms. The van der Waals surface area contributed by atoms with Gasteiger partial charge in [-0.3, -0.25) is 4.79 Å². The summed E-state index contributed by atoms with van der Waals surface area (Å²) in [5, 5.41) is 0. The van der Waals surface area contributed by atoms with Crippen molar-refractivity contribution in [2.24, 2.45) is 5.73 Å². The van der Waals surface area contributed by atoms with Crippen molar-refractivity contribution in [2.75, 3.05) is 24.8 Å². The first-order valence-electron chi connectivity index (χ1n) is 6.42. The summed E-state index contributed by atoms with van der Waals surface area (Å²) in [6.45, 7) is 0.545. The van der Waals surface area contributed by atoms with Crippen LogP contribution in [0.1, 0.15) is 16.1 Å². The second-order valence-electron chi connectivity index (χ2n) is 4.64. The summed E-state index contributed by atoms with van der Waals surface area (Å²) in [5.74, 6) is 0.716. The summed E-state index contributed by atoms with van der Waals surface area (Å²) in [5.41, 5.74) is 12.8. The SMILES string of the molecule is COc1ccccc1CN(C)c1nc(C(N)=O)ccc1N. The number of amides is 1. The number of nitrogen functional groups attached to an aromatic ring is 1. The van der Waals surface area contributed by atoms with Crippen LogP contribution in [0.5, 0.6) is 5.75 Å². The van der Waals surface area contributed by atoms with Gasteiger partial charge < -0.3 is 21.1 Å². The van der Waals surface area contributed by atoms with Crippen molar-refractivity contribution in [3.05, 3.63) is 47.7 Å². The summed E-state index contributed by atoms with van der Waals surface area (Å²) < 4.78 is 5.32. The maximum Gasteiger partial charge on any atom is 0.267 e. The maximum absolute atomic E-state index is 11.2. The molecule has 6 nitrogen and oxygen atoms in total. The van der Waals surface area contributed by atoms with E-state index in [1.54, 1.807) is 13.2 Å². The van der Waals surface area contributed by atoms with Gasteiger partial charge in [-0.2, -0.15) is 0 Å². The largest absolute Gasteiger partial charge is 0.496 e. The number of benzene rings is 1. The van der Waals surface area contributed by atoms with Gasteiger partial charge in [0.25, 0.3) is 5.91 Å². The van der Waals surface area contributed by atoms with E-state index >= 15 is 0 Å². The average molecular weight is 286 g/mol. The number of rotatable bonds is 5. The van der Waals surface area contributed by atoms with Gasteiger partial charge in [0.05, 0.1) is 12.8 Å². The number of nitrogens with zero attached hydrogens (tertiary/aromatic N) is 2. The van der Waals surface area contributed by atoms with Crippen molar-refractivity contribution in [1.29, 1.82) is 0 Å². The zero-order chi connectivity index (χ0) is 15.4. The zero-order valence-electron chi connectivity index (χ0n) is 12.0. The molecule has 6 heteroatoms. The van der Waals surface area contributed by atoms with E-state index in [1.165, 1.54) is 6.07 Å². The first-order chi connectivity index (χ1) is 10.0. The first-order valence-corrected chi connectivity index (χ1v) is 6.42. The first kappa shape index (κ1) is 14.6. The van der Waals surface area contributed by atoms with Crippen molar-refractivity contribution in [1.82, 2.24) is 4.98 Å². The molecule has 110 valence electrons. The Morgan fingerprint density at radius 1 is 1.29 bits per heavy atom. The molecule has 1 aromatic heterocycles. The minimum absolute atomic E-state index is 0.186. The van der Waals surface area contributed by atoms with Gasteiger partial charge in [0, 0.05) is 19.2 Å². The number of para-hydroxylation sites is 1. The number of aromatic nitrogens is 1.